The molecular formula is C22H25ClN2O5S. The number of nitrogens with one attached hydrogen (secondary N) is 1. The van der Waals surface area contributed by atoms with E-state index >= 15 is 0 Å². The van der Waals surface area contributed by atoms with E-state index in [4.69, 9.17) is 21.1 Å². The van der Waals surface area contributed by atoms with Crippen LogP contribution in [-0.2, 0) is 10.0 Å². The standard InChI is InChI=1S/C22H25ClN2O5S/c23-19-10-9-17(31(27,28)25-11-5-1-2-6-12-25)13-18(19)22(26)24-14-16-15-29-20-7-3-4-8-21(20)30-16/h3-4,7-10,13,16H,1-2,5-6,11-12,14-15H2,(H,24,26). The quantitative estimate of drug-likeness (QED) is 0.732. The summed E-state index contributed by atoms with van der Waals surface area (Å²) in [6.07, 6.45) is 3.37. The van der Waals surface area contributed by atoms with Gasteiger partial charge in [0.2, 0.25) is 10.0 Å². The molecule has 1 fully saturated rings. The van der Waals surface area contributed by atoms with Crippen LogP contribution in [0, 0.1) is 0 Å². The van der Waals surface area contributed by atoms with Crippen molar-refractivity contribution >= 4 is 27.5 Å². The topological polar surface area (TPSA) is 84.9 Å². The normalized spacial score (nSPS) is 19.5. The molecule has 2 aromatic rings. The van der Waals surface area contributed by atoms with Crippen molar-refractivity contribution < 1.29 is 22.7 Å². The second kappa shape index (κ2) is 9.46. The first-order chi connectivity index (χ1) is 14.9. The molecule has 9 heteroatoms. The minimum Gasteiger partial charge on any atom is -0.486 e. The molecule has 2 aliphatic rings. The predicted molar refractivity (Wildman–Crippen MR) is 117 cm³/mol. The first kappa shape index (κ1) is 21.9. The van der Waals surface area contributed by atoms with Crippen molar-refractivity contribution in [3.8, 4) is 11.5 Å². The Kier molecular flexibility index (Phi) is 6.69. The number of hydrogen-bond donors (Lipinski definition) is 1. The van der Waals surface area contributed by atoms with Crippen LogP contribution in [0.2, 0.25) is 5.02 Å². The van der Waals surface area contributed by atoms with Gasteiger partial charge < -0.3 is 14.8 Å². The minimum atomic E-state index is -3.68. The molecule has 31 heavy (non-hydrogen) atoms. The third-order valence-corrected chi connectivity index (χ3v) is 7.67. The smallest absolute Gasteiger partial charge is 0.252 e. The van der Waals surface area contributed by atoms with E-state index in [9.17, 15) is 13.2 Å². The van der Waals surface area contributed by atoms with Crippen LogP contribution in [0.1, 0.15) is 36.0 Å². The third kappa shape index (κ3) is 4.97. The molecule has 1 atom stereocenters. The average Bonchev–Trinajstić information content (AvgIpc) is 3.08. The second-order valence-electron chi connectivity index (χ2n) is 7.67. The number of hydrogen-bond acceptors (Lipinski definition) is 5. The van der Waals surface area contributed by atoms with Crippen molar-refractivity contribution in [2.24, 2.45) is 0 Å². The number of halogens is 1. The number of para-hydroxylation sites is 2. The van der Waals surface area contributed by atoms with Crippen LogP contribution in [0.15, 0.2) is 47.4 Å². The fourth-order valence-corrected chi connectivity index (χ4v) is 5.48. The van der Waals surface area contributed by atoms with Crippen LogP contribution < -0.4 is 14.8 Å². The molecule has 166 valence electrons. The Hall–Kier alpha value is -2.29. The highest BCUT2D eigenvalue weighted by Gasteiger charge is 2.27. The number of nitrogens with zero attached hydrogens (tertiary/aromatic N) is 1. The maximum atomic E-state index is 13.1. The van der Waals surface area contributed by atoms with E-state index in [0.717, 1.165) is 25.7 Å². The second-order valence-corrected chi connectivity index (χ2v) is 10.0. The van der Waals surface area contributed by atoms with Crippen LogP contribution in [-0.4, -0.2) is 51.0 Å². The first-order valence-electron chi connectivity index (χ1n) is 10.4. The van der Waals surface area contributed by atoms with Gasteiger partial charge in [-0.1, -0.05) is 36.6 Å². The molecule has 0 aliphatic carbocycles. The van der Waals surface area contributed by atoms with E-state index in [0.29, 0.717) is 31.2 Å². The van der Waals surface area contributed by atoms with Gasteiger partial charge in [-0.2, -0.15) is 4.31 Å². The Bertz CT molecular complexity index is 1050. The van der Waals surface area contributed by atoms with Crippen LogP contribution in [0.5, 0.6) is 11.5 Å². The number of carbonyl (C=O) groups is 1. The lowest BCUT2D eigenvalue weighted by atomic mass is 10.2. The Labute approximate surface area is 187 Å². The maximum Gasteiger partial charge on any atom is 0.252 e. The minimum absolute atomic E-state index is 0.0788. The molecule has 1 amide bonds. The molecule has 0 radical (unpaired) electrons. The molecule has 2 heterocycles. The van der Waals surface area contributed by atoms with Gasteiger partial charge in [0.05, 0.1) is 22.0 Å². The molecule has 1 unspecified atom stereocenters. The van der Waals surface area contributed by atoms with Crippen molar-refractivity contribution in [1.29, 1.82) is 0 Å². The van der Waals surface area contributed by atoms with Crippen molar-refractivity contribution in [1.82, 2.24) is 9.62 Å². The average molecular weight is 465 g/mol. The number of benzene rings is 2. The highest BCUT2D eigenvalue weighted by Crippen LogP contribution is 2.31. The van der Waals surface area contributed by atoms with Gasteiger partial charge in [-0.15, -0.1) is 0 Å². The van der Waals surface area contributed by atoms with E-state index in [1.165, 1.54) is 22.5 Å². The van der Waals surface area contributed by atoms with E-state index in [-0.39, 0.29) is 28.1 Å². The van der Waals surface area contributed by atoms with Crippen LogP contribution in [0.3, 0.4) is 0 Å². The monoisotopic (exact) mass is 464 g/mol. The summed E-state index contributed by atoms with van der Waals surface area (Å²) >= 11 is 6.22. The number of sulfonamides is 1. The summed E-state index contributed by atoms with van der Waals surface area (Å²) in [4.78, 5) is 12.8. The van der Waals surface area contributed by atoms with Gasteiger partial charge in [0.1, 0.15) is 12.7 Å². The molecule has 7 nitrogen and oxygen atoms in total. The number of amides is 1. The molecule has 0 saturated carbocycles. The number of carbonyl (C=O) groups excluding carboxylic acids is 1. The van der Waals surface area contributed by atoms with Gasteiger partial charge in [0.25, 0.3) is 5.91 Å². The van der Waals surface area contributed by atoms with E-state index in [2.05, 4.69) is 5.32 Å². The molecule has 1 N–H and O–H groups in total. The Morgan fingerprint density at radius 3 is 2.52 bits per heavy atom. The predicted octanol–water partition coefficient (Wildman–Crippen LogP) is 3.47. The Balaban J connectivity index is 1.45. The lowest BCUT2D eigenvalue weighted by molar-refractivity contribution is 0.0789. The van der Waals surface area contributed by atoms with Gasteiger partial charge in [-0.3, -0.25) is 4.79 Å². The highest BCUT2D eigenvalue weighted by atomic mass is 35.5. The summed E-state index contributed by atoms with van der Waals surface area (Å²) < 4.78 is 39.1. The number of rotatable bonds is 5. The molecule has 4 rings (SSSR count). The van der Waals surface area contributed by atoms with Gasteiger partial charge in [0, 0.05) is 13.1 Å². The largest absolute Gasteiger partial charge is 0.486 e. The lowest BCUT2D eigenvalue weighted by Crippen LogP contribution is -2.40. The van der Waals surface area contributed by atoms with Crippen molar-refractivity contribution in [2.75, 3.05) is 26.2 Å². The zero-order chi connectivity index (χ0) is 21.8. The van der Waals surface area contributed by atoms with Crippen molar-refractivity contribution in [3.05, 3.63) is 53.1 Å². The van der Waals surface area contributed by atoms with E-state index < -0.39 is 15.9 Å². The zero-order valence-corrected chi connectivity index (χ0v) is 18.6. The Morgan fingerprint density at radius 1 is 1.06 bits per heavy atom. The van der Waals surface area contributed by atoms with Crippen LogP contribution >= 0.6 is 11.6 Å². The summed E-state index contributed by atoms with van der Waals surface area (Å²) in [5.41, 5.74) is 0.120. The van der Waals surface area contributed by atoms with E-state index in [1.807, 2.05) is 18.2 Å². The zero-order valence-electron chi connectivity index (χ0n) is 17.1. The summed E-state index contributed by atoms with van der Waals surface area (Å²) in [5, 5.41) is 2.96. The van der Waals surface area contributed by atoms with Crippen molar-refractivity contribution in [3.63, 3.8) is 0 Å². The fourth-order valence-electron chi connectivity index (χ4n) is 3.74. The van der Waals surface area contributed by atoms with Crippen molar-refractivity contribution in [2.45, 2.75) is 36.7 Å². The third-order valence-electron chi connectivity index (χ3n) is 5.44. The lowest BCUT2D eigenvalue weighted by Gasteiger charge is -2.26. The molecule has 2 aliphatic heterocycles. The first-order valence-corrected chi connectivity index (χ1v) is 12.2. The van der Waals surface area contributed by atoms with Crippen LogP contribution in [0.25, 0.3) is 0 Å². The van der Waals surface area contributed by atoms with Crippen LogP contribution in [0.4, 0.5) is 0 Å². The van der Waals surface area contributed by atoms with E-state index in [1.54, 1.807) is 6.07 Å². The molecule has 0 aromatic heterocycles. The summed E-state index contributed by atoms with van der Waals surface area (Å²) in [5.74, 6) is 0.830. The van der Waals surface area contributed by atoms with Gasteiger partial charge in [-0.25, -0.2) is 8.42 Å². The highest BCUT2D eigenvalue weighted by molar-refractivity contribution is 7.89. The fraction of sp³-hybridized carbons (Fsp3) is 0.409. The molecule has 0 spiro atoms. The SMILES string of the molecule is O=C(NCC1COc2ccccc2O1)c1cc(S(=O)(=O)N2CCCCCC2)ccc1Cl. The number of ether oxygens (including phenoxy) is 2. The Morgan fingerprint density at radius 2 is 1.77 bits per heavy atom. The summed E-state index contributed by atoms with van der Waals surface area (Å²) in [7, 11) is -3.68. The summed E-state index contributed by atoms with van der Waals surface area (Å²) in [6, 6.07) is 11.6. The van der Waals surface area contributed by atoms with Gasteiger partial charge >= 0.3 is 0 Å². The maximum absolute atomic E-state index is 13.1. The molecular weight excluding hydrogens is 440 g/mol. The molecule has 1 saturated heterocycles. The van der Waals surface area contributed by atoms with Gasteiger partial charge in [0.15, 0.2) is 11.5 Å². The van der Waals surface area contributed by atoms with Gasteiger partial charge in [-0.05, 0) is 43.2 Å². The number of fused-ring (bicyclic) bond motifs is 1. The summed E-state index contributed by atoms with van der Waals surface area (Å²) in [6.45, 7) is 1.49. The molecule has 2 aromatic carbocycles. The molecule has 0 bridgehead atoms.